The van der Waals surface area contributed by atoms with E-state index < -0.39 is 0 Å². The van der Waals surface area contributed by atoms with Crippen LogP contribution >= 0.6 is 0 Å². The lowest BCUT2D eigenvalue weighted by Gasteiger charge is -2.25. The quantitative estimate of drug-likeness (QED) is 0.887. The van der Waals surface area contributed by atoms with Crippen LogP contribution in [0.5, 0.6) is 0 Å². The zero-order chi connectivity index (χ0) is 14.7. The van der Waals surface area contributed by atoms with Crippen LogP contribution in [0.2, 0.25) is 0 Å². The van der Waals surface area contributed by atoms with E-state index in [0.717, 1.165) is 12.0 Å². The Morgan fingerprint density at radius 1 is 1.25 bits per heavy atom. The Kier molecular flexibility index (Phi) is 4.81. The first-order chi connectivity index (χ1) is 9.50. The molecule has 1 aromatic rings. The molecule has 3 heteroatoms. The molecule has 0 heterocycles. The molecule has 1 aliphatic carbocycles. The Labute approximate surface area is 121 Å². The van der Waals surface area contributed by atoms with Crippen molar-refractivity contribution in [1.29, 1.82) is 0 Å². The molecule has 3 nitrogen and oxygen atoms in total. The van der Waals surface area contributed by atoms with E-state index in [0.29, 0.717) is 17.9 Å². The third-order valence-corrected chi connectivity index (χ3v) is 4.93. The van der Waals surface area contributed by atoms with Crippen molar-refractivity contribution in [2.75, 3.05) is 0 Å². The third kappa shape index (κ3) is 3.21. The Balaban J connectivity index is 1.95. The first-order valence-corrected chi connectivity index (χ1v) is 7.61. The van der Waals surface area contributed by atoms with Gasteiger partial charge in [-0.2, -0.15) is 0 Å². The normalized spacial score (nSPS) is 28.9. The molecule has 1 saturated carbocycles. The lowest BCUT2D eigenvalue weighted by Crippen LogP contribution is -2.42. The van der Waals surface area contributed by atoms with Gasteiger partial charge < -0.3 is 11.1 Å². The molecule has 2 rings (SSSR count). The zero-order valence-corrected chi connectivity index (χ0v) is 12.7. The summed E-state index contributed by atoms with van der Waals surface area (Å²) < 4.78 is 0. The van der Waals surface area contributed by atoms with E-state index in [4.69, 9.17) is 5.73 Å². The lowest BCUT2D eigenvalue weighted by atomic mass is 9.93. The molecule has 1 aromatic carbocycles. The van der Waals surface area contributed by atoms with Gasteiger partial charge in [-0.25, -0.2) is 0 Å². The smallest absolute Gasteiger partial charge is 0.224 e. The highest BCUT2D eigenvalue weighted by Crippen LogP contribution is 2.31. The van der Waals surface area contributed by atoms with Crippen molar-refractivity contribution in [1.82, 2.24) is 5.32 Å². The second-order valence-corrected chi connectivity index (χ2v) is 6.25. The van der Waals surface area contributed by atoms with Gasteiger partial charge in [-0.05, 0) is 30.2 Å². The van der Waals surface area contributed by atoms with Crippen LogP contribution in [0, 0.1) is 17.8 Å². The Morgan fingerprint density at radius 2 is 1.90 bits per heavy atom. The summed E-state index contributed by atoms with van der Waals surface area (Å²) in [6, 6.07) is 9.90. The summed E-state index contributed by atoms with van der Waals surface area (Å²) in [4.78, 5) is 12.4. The molecule has 0 aliphatic heterocycles. The molecule has 1 fully saturated rings. The molecule has 1 aliphatic rings. The third-order valence-electron chi connectivity index (χ3n) is 4.93. The fourth-order valence-electron chi connectivity index (χ4n) is 3.01. The molecule has 0 saturated heterocycles. The number of carbonyl (C=O) groups is 1. The zero-order valence-electron chi connectivity index (χ0n) is 12.7. The summed E-state index contributed by atoms with van der Waals surface area (Å²) >= 11 is 0. The van der Waals surface area contributed by atoms with Gasteiger partial charge in [-0.15, -0.1) is 0 Å². The summed E-state index contributed by atoms with van der Waals surface area (Å²) in [5.74, 6) is 1.12. The van der Waals surface area contributed by atoms with Crippen LogP contribution < -0.4 is 11.1 Å². The average molecular weight is 274 g/mol. The van der Waals surface area contributed by atoms with Crippen LogP contribution in [0.25, 0.3) is 0 Å². The van der Waals surface area contributed by atoms with Gasteiger partial charge in [-0.1, -0.05) is 51.1 Å². The van der Waals surface area contributed by atoms with Crippen molar-refractivity contribution in [2.24, 2.45) is 23.5 Å². The van der Waals surface area contributed by atoms with Crippen LogP contribution in [-0.2, 0) is 4.79 Å². The van der Waals surface area contributed by atoms with Crippen LogP contribution in [0.3, 0.4) is 0 Å². The summed E-state index contributed by atoms with van der Waals surface area (Å²) in [6.07, 6.45) is 2.28. The molecule has 5 atom stereocenters. The van der Waals surface area contributed by atoms with E-state index in [1.807, 2.05) is 37.3 Å². The van der Waals surface area contributed by atoms with Crippen LogP contribution in [0.15, 0.2) is 30.3 Å². The number of amides is 1. The number of nitrogens with one attached hydrogen (secondary N) is 1. The van der Waals surface area contributed by atoms with E-state index in [2.05, 4.69) is 19.2 Å². The average Bonchev–Trinajstić information content (AvgIpc) is 2.78. The van der Waals surface area contributed by atoms with Crippen LogP contribution in [-0.4, -0.2) is 11.9 Å². The van der Waals surface area contributed by atoms with Gasteiger partial charge in [0, 0.05) is 12.1 Å². The molecule has 0 radical (unpaired) electrons. The van der Waals surface area contributed by atoms with E-state index in [-0.39, 0.29) is 17.9 Å². The summed E-state index contributed by atoms with van der Waals surface area (Å²) in [5, 5.41) is 3.19. The number of rotatable bonds is 4. The predicted octanol–water partition coefficient (Wildman–Crippen LogP) is 2.87. The second-order valence-electron chi connectivity index (χ2n) is 6.25. The molecule has 20 heavy (non-hydrogen) atoms. The van der Waals surface area contributed by atoms with E-state index in [1.165, 1.54) is 6.42 Å². The number of benzene rings is 1. The fourth-order valence-corrected chi connectivity index (χ4v) is 3.01. The minimum absolute atomic E-state index is 0.0762. The molecule has 110 valence electrons. The van der Waals surface area contributed by atoms with Crippen molar-refractivity contribution in [3.05, 3.63) is 35.9 Å². The van der Waals surface area contributed by atoms with Gasteiger partial charge in [0.1, 0.15) is 0 Å². The van der Waals surface area contributed by atoms with Crippen molar-refractivity contribution < 1.29 is 4.79 Å². The highest BCUT2D eigenvalue weighted by molar-refractivity contribution is 5.79. The maximum Gasteiger partial charge on any atom is 0.224 e. The van der Waals surface area contributed by atoms with Gasteiger partial charge >= 0.3 is 0 Å². The van der Waals surface area contributed by atoms with Gasteiger partial charge in [0.15, 0.2) is 0 Å². The summed E-state index contributed by atoms with van der Waals surface area (Å²) in [6.45, 7) is 6.40. The van der Waals surface area contributed by atoms with Gasteiger partial charge in [0.25, 0.3) is 0 Å². The minimum Gasteiger partial charge on any atom is -0.353 e. The Hall–Kier alpha value is -1.35. The van der Waals surface area contributed by atoms with Gasteiger partial charge in [-0.3, -0.25) is 4.79 Å². The molecule has 0 spiro atoms. The monoisotopic (exact) mass is 274 g/mol. The molecule has 0 aromatic heterocycles. The van der Waals surface area contributed by atoms with Crippen molar-refractivity contribution in [3.63, 3.8) is 0 Å². The standard InChI is InChI=1S/C17H26N2O/c1-11-9-10-15(12(11)2)19-17(20)13(3)16(18)14-7-5-4-6-8-14/h4-8,11-13,15-16H,9-10,18H2,1-3H3,(H,19,20). The summed E-state index contributed by atoms with van der Waals surface area (Å²) in [5.41, 5.74) is 7.23. The molecular formula is C17H26N2O. The number of nitrogens with two attached hydrogens (primary N) is 1. The van der Waals surface area contributed by atoms with E-state index in [9.17, 15) is 4.79 Å². The van der Waals surface area contributed by atoms with Crippen LogP contribution in [0.1, 0.15) is 45.2 Å². The molecule has 0 bridgehead atoms. The SMILES string of the molecule is CC1CCC(NC(=O)C(C)C(N)c2ccccc2)C1C. The highest BCUT2D eigenvalue weighted by Gasteiger charge is 2.32. The first-order valence-electron chi connectivity index (χ1n) is 7.61. The minimum atomic E-state index is -0.245. The van der Waals surface area contributed by atoms with Crippen molar-refractivity contribution >= 4 is 5.91 Å². The Bertz CT molecular complexity index is 446. The predicted molar refractivity (Wildman–Crippen MR) is 82.0 cm³/mol. The van der Waals surface area contributed by atoms with Crippen molar-refractivity contribution in [3.8, 4) is 0 Å². The lowest BCUT2D eigenvalue weighted by molar-refractivity contribution is -0.126. The fraction of sp³-hybridized carbons (Fsp3) is 0.588. The van der Waals surface area contributed by atoms with Gasteiger partial charge in [0.05, 0.1) is 5.92 Å². The van der Waals surface area contributed by atoms with Crippen LogP contribution in [0.4, 0.5) is 0 Å². The molecule has 1 amide bonds. The summed E-state index contributed by atoms with van der Waals surface area (Å²) in [7, 11) is 0. The number of hydrogen-bond acceptors (Lipinski definition) is 2. The highest BCUT2D eigenvalue weighted by atomic mass is 16.2. The second kappa shape index (κ2) is 6.40. The molecule has 5 unspecified atom stereocenters. The maximum atomic E-state index is 12.4. The largest absolute Gasteiger partial charge is 0.353 e. The molecule has 3 N–H and O–H groups in total. The maximum absolute atomic E-state index is 12.4. The Morgan fingerprint density at radius 3 is 2.45 bits per heavy atom. The molecular weight excluding hydrogens is 248 g/mol. The van der Waals surface area contributed by atoms with Crippen molar-refractivity contribution in [2.45, 2.75) is 45.7 Å². The topological polar surface area (TPSA) is 55.1 Å². The number of carbonyl (C=O) groups excluding carboxylic acids is 1. The van der Waals surface area contributed by atoms with Gasteiger partial charge in [0.2, 0.25) is 5.91 Å². The first kappa shape index (κ1) is 15.0. The van der Waals surface area contributed by atoms with E-state index >= 15 is 0 Å². The number of hydrogen-bond donors (Lipinski definition) is 2. The van der Waals surface area contributed by atoms with E-state index in [1.54, 1.807) is 0 Å².